The van der Waals surface area contributed by atoms with Crippen LogP contribution >= 0.6 is 0 Å². The van der Waals surface area contributed by atoms with Crippen LogP contribution in [0.15, 0.2) is 30.3 Å². The Labute approximate surface area is 125 Å². The van der Waals surface area contributed by atoms with Crippen molar-refractivity contribution in [1.82, 2.24) is 5.32 Å². The van der Waals surface area contributed by atoms with Gasteiger partial charge in [-0.1, -0.05) is 56.0 Å². The van der Waals surface area contributed by atoms with E-state index in [0.717, 1.165) is 31.2 Å². The van der Waals surface area contributed by atoms with E-state index < -0.39 is 11.4 Å². The lowest BCUT2D eigenvalue weighted by molar-refractivity contribution is -0.149. The predicted molar refractivity (Wildman–Crippen MR) is 80.9 cm³/mol. The average Bonchev–Trinajstić information content (AvgIpc) is 2.73. The first-order chi connectivity index (χ1) is 10.1. The van der Waals surface area contributed by atoms with Gasteiger partial charge in [-0.2, -0.15) is 0 Å². The molecule has 0 spiro atoms. The van der Waals surface area contributed by atoms with Crippen molar-refractivity contribution in [1.29, 1.82) is 0 Å². The molecule has 2 rings (SSSR count). The molecule has 1 aliphatic rings. The largest absolute Gasteiger partial charge is 0.481 e. The second-order valence-corrected chi connectivity index (χ2v) is 5.94. The highest BCUT2D eigenvalue weighted by atomic mass is 16.4. The highest BCUT2D eigenvalue weighted by Gasteiger charge is 2.38. The molecule has 0 saturated heterocycles. The summed E-state index contributed by atoms with van der Waals surface area (Å²) in [5, 5.41) is 12.4. The van der Waals surface area contributed by atoms with Crippen LogP contribution in [-0.4, -0.2) is 23.5 Å². The molecule has 4 heteroatoms. The maximum Gasteiger partial charge on any atom is 0.311 e. The van der Waals surface area contributed by atoms with Gasteiger partial charge in [0.05, 0.1) is 11.8 Å². The summed E-state index contributed by atoms with van der Waals surface area (Å²) in [7, 11) is 0. The van der Waals surface area contributed by atoms with Crippen LogP contribution in [0, 0.1) is 5.41 Å². The lowest BCUT2D eigenvalue weighted by Crippen LogP contribution is -2.43. The summed E-state index contributed by atoms with van der Waals surface area (Å²) >= 11 is 0. The Kier molecular flexibility index (Phi) is 5.37. The zero-order chi connectivity index (χ0) is 15.1. The van der Waals surface area contributed by atoms with Crippen LogP contribution in [0.3, 0.4) is 0 Å². The number of hydrogen-bond acceptors (Lipinski definition) is 2. The maximum atomic E-state index is 12.0. The van der Waals surface area contributed by atoms with Crippen molar-refractivity contribution in [2.24, 2.45) is 5.41 Å². The van der Waals surface area contributed by atoms with Crippen LogP contribution in [0.4, 0.5) is 0 Å². The molecule has 0 bridgehead atoms. The van der Waals surface area contributed by atoms with Crippen LogP contribution in [0.1, 0.15) is 44.1 Å². The van der Waals surface area contributed by atoms with E-state index >= 15 is 0 Å². The van der Waals surface area contributed by atoms with E-state index in [1.165, 1.54) is 0 Å². The molecule has 0 heterocycles. The Morgan fingerprint density at radius 3 is 2.24 bits per heavy atom. The van der Waals surface area contributed by atoms with E-state index in [2.05, 4.69) is 5.32 Å². The minimum absolute atomic E-state index is 0.105. The summed E-state index contributed by atoms with van der Waals surface area (Å²) < 4.78 is 0. The first kappa shape index (κ1) is 15.5. The maximum absolute atomic E-state index is 12.0. The van der Waals surface area contributed by atoms with E-state index in [-0.39, 0.29) is 12.5 Å². The van der Waals surface area contributed by atoms with Crippen LogP contribution < -0.4 is 5.32 Å². The first-order valence-electron chi connectivity index (χ1n) is 7.66. The molecule has 0 aromatic heterocycles. The Bertz CT molecular complexity index is 476. The molecule has 1 aromatic rings. The van der Waals surface area contributed by atoms with E-state index in [1.807, 2.05) is 30.3 Å². The normalized spacial score (nSPS) is 17.7. The van der Waals surface area contributed by atoms with Crippen LogP contribution in [0.25, 0.3) is 0 Å². The summed E-state index contributed by atoms with van der Waals surface area (Å²) in [5.74, 6) is -0.879. The number of rotatable bonds is 5. The third-order valence-corrected chi connectivity index (χ3v) is 4.35. The molecule has 114 valence electrons. The second-order valence-electron chi connectivity index (χ2n) is 5.94. The second kappa shape index (κ2) is 7.25. The molecule has 0 aliphatic heterocycles. The van der Waals surface area contributed by atoms with Crippen LogP contribution in [-0.2, 0) is 16.0 Å². The predicted octanol–water partition coefficient (Wildman–Crippen LogP) is 2.77. The number of carboxylic acids is 1. The zero-order valence-electron chi connectivity index (χ0n) is 12.3. The van der Waals surface area contributed by atoms with Crippen molar-refractivity contribution < 1.29 is 14.7 Å². The highest BCUT2D eigenvalue weighted by molar-refractivity contribution is 5.80. The number of carboxylic acid groups (broad SMARTS) is 1. The minimum Gasteiger partial charge on any atom is -0.481 e. The standard InChI is InChI=1S/C17H23NO3/c19-15(12-14-8-4-3-5-9-14)18-13-17(16(20)21)10-6-1-2-7-11-17/h3-5,8-9H,1-2,6-7,10-13H2,(H,18,19)(H,20,21). The zero-order valence-corrected chi connectivity index (χ0v) is 12.3. The summed E-state index contributed by atoms with van der Waals surface area (Å²) in [5.41, 5.74) is 0.170. The van der Waals surface area contributed by atoms with Gasteiger partial charge in [0, 0.05) is 6.54 Å². The number of aliphatic carboxylic acids is 1. The molecule has 1 amide bonds. The van der Waals surface area contributed by atoms with Crippen LogP contribution in [0.2, 0.25) is 0 Å². The molecular formula is C17H23NO3. The van der Waals surface area contributed by atoms with Crippen molar-refractivity contribution >= 4 is 11.9 Å². The number of amides is 1. The molecule has 21 heavy (non-hydrogen) atoms. The van der Waals surface area contributed by atoms with Gasteiger partial charge in [-0.3, -0.25) is 9.59 Å². The summed E-state index contributed by atoms with van der Waals surface area (Å²) in [6, 6.07) is 9.50. The summed E-state index contributed by atoms with van der Waals surface area (Å²) in [6.07, 6.45) is 5.67. The van der Waals surface area contributed by atoms with Crippen molar-refractivity contribution in [3.05, 3.63) is 35.9 Å². The molecule has 1 fully saturated rings. The Balaban J connectivity index is 1.92. The summed E-state index contributed by atoms with van der Waals surface area (Å²) in [4.78, 5) is 23.7. The van der Waals surface area contributed by atoms with Gasteiger partial charge in [-0.15, -0.1) is 0 Å². The number of carbonyl (C=O) groups excluding carboxylic acids is 1. The van der Waals surface area contributed by atoms with Gasteiger partial charge in [0.2, 0.25) is 5.91 Å². The highest BCUT2D eigenvalue weighted by Crippen LogP contribution is 2.34. The van der Waals surface area contributed by atoms with Gasteiger partial charge < -0.3 is 10.4 Å². The number of nitrogens with one attached hydrogen (secondary N) is 1. The van der Waals surface area contributed by atoms with Gasteiger partial charge in [-0.05, 0) is 18.4 Å². The van der Waals surface area contributed by atoms with Crippen molar-refractivity contribution in [2.75, 3.05) is 6.54 Å². The SMILES string of the molecule is O=C(Cc1ccccc1)NCC1(C(=O)O)CCCCCC1. The molecule has 0 atom stereocenters. The molecule has 1 aliphatic carbocycles. The van der Waals surface area contributed by atoms with Crippen LogP contribution in [0.5, 0.6) is 0 Å². The van der Waals surface area contributed by atoms with Gasteiger partial charge in [0.15, 0.2) is 0 Å². The van der Waals surface area contributed by atoms with Gasteiger partial charge in [-0.25, -0.2) is 0 Å². The number of benzene rings is 1. The number of hydrogen-bond donors (Lipinski definition) is 2. The third kappa shape index (κ3) is 4.31. The van der Waals surface area contributed by atoms with E-state index in [9.17, 15) is 14.7 Å². The lowest BCUT2D eigenvalue weighted by Gasteiger charge is -2.28. The van der Waals surface area contributed by atoms with E-state index in [0.29, 0.717) is 19.3 Å². The Morgan fingerprint density at radius 2 is 1.67 bits per heavy atom. The average molecular weight is 289 g/mol. The Morgan fingerprint density at radius 1 is 1.05 bits per heavy atom. The molecule has 1 saturated carbocycles. The first-order valence-corrected chi connectivity index (χ1v) is 7.66. The van der Waals surface area contributed by atoms with E-state index in [4.69, 9.17) is 0 Å². The fourth-order valence-electron chi connectivity index (χ4n) is 2.98. The molecule has 0 unspecified atom stereocenters. The van der Waals surface area contributed by atoms with Crippen molar-refractivity contribution in [2.45, 2.75) is 44.9 Å². The summed E-state index contributed by atoms with van der Waals surface area (Å²) in [6.45, 7) is 0.244. The quantitative estimate of drug-likeness (QED) is 0.819. The van der Waals surface area contributed by atoms with Gasteiger partial charge >= 0.3 is 5.97 Å². The fraction of sp³-hybridized carbons (Fsp3) is 0.529. The monoisotopic (exact) mass is 289 g/mol. The van der Waals surface area contributed by atoms with Crippen molar-refractivity contribution in [3.63, 3.8) is 0 Å². The topological polar surface area (TPSA) is 66.4 Å². The van der Waals surface area contributed by atoms with Crippen molar-refractivity contribution in [3.8, 4) is 0 Å². The van der Waals surface area contributed by atoms with Gasteiger partial charge in [0.1, 0.15) is 0 Å². The van der Waals surface area contributed by atoms with E-state index in [1.54, 1.807) is 0 Å². The molecule has 4 nitrogen and oxygen atoms in total. The molecule has 2 N–H and O–H groups in total. The molecule has 1 aromatic carbocycles. The smallest absolute Gasteiger partial charge is 0.311 e. The third-order valence-electron chi connectivity index (χ3n) is 4.35. The lowest BCUT2D eigenvalue weighted by atomic mass is 9.80. The Hall–Kier alpha value is -1.84. The fourth-order valence-corrected chi connectivity index (χ4v) is 2.98. The van der Waals surface area contributed by atoms with Gasteiger partial charge in [0.25, 0.3) is 0 Å². The number of carbonyl (C=O) groups is 2. The molecular weight excluding hydrogens is 266 g/mol. The minimum atomic E-state index is -0.775. The molecule has 0 radical (unpaired) electrons.